The minimum absolute atomic E-state index is 0.0610. The Kier molecular flexibility index (Phi) is 1.88. The Hall–Kier alpha value is -1.68. The molecule has 0 aliphatic heterocycles. The van der Waals surface area contributed by atoms with Crippen LogP contribution in [0, 0.1) is 0 Å². The summed E-state index contributed by atoms with van der Waals surface area (Å²) in [6.45, 7) is 0. The second-order valence-corrected chi connectivity index (χ2v) is 4.39. The van der Waals surface area contributed by atoms with Crippen LogP contribution in [-0.2, 0) is 0 Å². The highest BCUT2D eigenvalue weighted by Crippen LogP contribution is 2.40. The molecular formula is C12H8BrNO2. The molecule has 0 aliphatic carbocycles. The number of furan rings is 1. The van der Waals surface area contributed by atoms with Crippen molar-refractivity contribution >= 4 is 43.6 Å². The van der Waals surface area contributed by atoms with Gasteiger partial charge >= 0.3 is 0 Å². The fraction of sp³-hybridized carbons (Fsp3) is 0. The Labute approximate surface area is 99.6 Å². The summed E-state index contributed by atoms with van der Waals surface area (Å²) in [6, 6.07) is 9.29. The van der Waals surface area contributed by atoms with E-state index in [9.17, 15) is 5.11 Å². The summed E-state index contributed by atoms with van der Waals surface area (Å²) >= 11 is 3.33. The maximum absolute atomic E-state index is 9.68. The molecule has 1 aromatic heterocycles. The third-order valence-electron chi connectivity index (χ3n) is 2.63. The number of halogens is 1. The number of aromatic hydroxyl groups is 1. The molecule has 0 saturated carbocycles. The smallest absolute Gasteiger partial charge is 0.151 e. The van der Waals surface area contributed by atoms with Crippen molar-refractivity contribution in [2.45, 2.75) is 0 Å². The van der Waals surface area contributed by atoms with Gasteiger partial charge in [-0.2, -0.15) is 0 Å². The zero-order chi connectivity index (χ0) is 11.3. The number of nitrogens with two attached hydrogens (primary N) is 1. The molecule has 3 N–H and O–H groups in total. The van der Waals surface area contributed by atoms with Crippen molar-refractivity contribution < 1.29 is 9.52 Å². The summed E-state index contributed by atoms with van der Waals surface area (Å²) in [5, 5.41) is 11.5. The van der Waals surface area contributed by atoms with Gasteiger partial charge in [-0.25, -0.2) is 0 Å². The molecule has 0 unspecified atom stereocenters. The van der Waals surface area contributed by atoms with Crippen LogP contribution in [0.15, 0.2) is 39.2 Å². The molecule has 3 rings (SSSR count). The Balaban J connectivity index is 2.60. The van der Waals surface area contributed by atoms with Gasteiger partial charge in [0.25, 0.3) is 0 Å². The zero-order valence-corrected chi connectivity index (χ0v) is 9.78. The summed E-state index contributed by atoms with van der Waals surface area (Å²) in [5.41, 5.74) is 7.45. The predicted octanol–water partition coefficient (Wildman–Crippen LogP) is 3.64. The minimum Gasteiger partial charge on any atom is -0.506 e. The van der Waals surface area contributed by atoms with Crippen LogP contribution in [0.25, 0.3) is 21.9 Å². The number of hydrogen-bond donors (Lipinski definition) is 2. The van der Waals surface area contributed by atoms with Gasteiger partial charge in [-0.05, 0) is 28.1 Å². The van der Waals surface area contributed by atoms with E-state index in [2.05, 4.69) is 15.9 Å². The molecule has 0 radical (unpaired) electrons. The van der Waals surface area contributed by atoms with Crippen molar-refractivity contribution in [3.05, 3.63) is 34.8 Å². The molecule has 3 nitrogen and oxygen atoms in total. The van der Waals surface area contributed by atoms with Crippen molar-refractivity contribution in [2.75, 3.05) is 5.73 Å². The average Bonchev–Trinajstić information content (AvgIpc) is 2.65. The number of phenols is 1. The standard InChI is InChI=1S/C12H8BrNO2/c13-10-11(14)8(15)5-7-6-3-1-2-4-9(6)16-12(7)10/h1-5,15H,14H2. The van der Waals surface area contributed by atoms with Crippen molar-refractivity contribution in [3.63, 3.8) is 0 Å². The van der Waals surface area contributed by atoms with Crippen LogP contribution in [0.1, 0.15) is 0 Å². The molecule has 0 atom stereocenters. The molecule has 1 heterocycles. The van der Waals surface area contributed by atoms with Gasteiger partial charge in [0.2, 0.25) is 0 Å². The third-order valence-corrected chi connectivity index (χ3v) is 3.41. The lowest BCUT2D eigenvalue weighted by Gasteiger charge is -2.01. The molecule has 0 bridgehead atoms. The number of hydrogen-bond acceptors (Lipinski definition) is 3. The molecule has 0 saturated heterocycles. The van der Waals surface area contributed by atoms with Gasteiger partial charge in [0.1, 0.15) is 11.3 Å². The molecule has 16 heavy (non-hydrogen) atoms. The predicted molar refractivity (Wildman–Crippen MR) is 67.5 cm³/mol. The molecule has 3 aromatic rings. The van der Waals surface area contributed by atoms with Crippen molar-refractivity contribution in [2.24, 2.45) is 0 Å². The minimum atomic E-state index is 0.0610. The van der Waals surface area contributed by atoms with Gasteiger partial charge < -0.3 is 15.3 Å². The van der Waals surface area contributed by atoms with Crippen LogP contribution in [0.4, 0.5) is 5.69 Å². The van der Waals surface area contributed by atoms with Crippen molar-refractivity contribution in [3.8, 4) is 5.75 Å². The highest BCUT2D eigenvalue weighted by Gasteiger charge is 2.14. The lowest BCUT2D eigenvalue weighted by molar-refractivity contribution is 0.478. The molecule has 4 heteroatoms. The molecule has 0 fully saturated rings. The molecule has 0 amide bonds. The first kappa shape index (κ1) is 9.54. The highest BCUT2D eigenvalue weighted by molar-refractivity contribution is 9.10. The van der Waals surface area contributed by atoms with Crippen molar-refractivity contribution in [1.82, 2.24) is 0 Å². The van der Waals surface area contributed by atoms with Gasteiger partial charge in [0.15, 0.2) is 5.58 Å². The van der Waals surface area contributed by atoms with E-state index in [0.29, 0.717) is 15.7 Å². The van der Waals surface area contributed by atoms with Gasteiger partial charge in [0, 0.05) is 10.8 Å². The first-order valence-electron chi connectivity index (χ1n) is 4.76. The van der Waals surface area contributed by atoms with Gasteiger partial charge in [-0.3, -0.25) is 0 Å². The second-order valence-electron chi connectivity index (χ2n) is 3.60. The van der Waals surface area contributed by atoms with Gasteiger partial charge in [-0.1, -0.05) is 18.2 Å². The van der Waals surface area contributed by atoms with E-state index in [4.69, 9.17) is 10.2 Å². The van der Waals surface area contributed by atoms with Crippen LogP contribution >= 0.6 is 15.9 Å². The van der Waals surface area contributed by atoms with Crippen LogP contribution in [0.2, 0.25) is 0 Å². The number of nitrogen functional groups attached to an aromatic ring is 1. The molecule has 80 valence electrons. The third kappa shape index (κ3) is 1.13. The first-order valence-corrected chi connectivity index (χ1v) is 5.56. The fourth-order valence-electron chi connectivity index (χ4n) is 1.82. The Morgan fingerprint density at radius 1 is 1.19 bits per heavy atom. The highest BCUT2D eigenvalue weighted by atomic mass is 79.9. The van der Waals surface area contributed by atoms with E-state index >= 15 is 0 Å². The zero-order valence-electron chi connectivity index (χ0n) is 8.20. The van der Waals surface area contributed by atoms with E-state index in [1.807, 2.05) is 24.3 Å². The average molecular weight is 278 g/mol. The first-order chi connectivity index (χ1) is 7.68. The normalized spacial score (nSPS) is 11.3. The summed E-state index contributed by atoms with van der Waals surface area (Å²) in [7, 11) is 0. The summed E-state index contributed by atoms with van der Waals surface area (Å²) in [4.78, 5) is 0. The Morgan fingerprint density at radius 2 is 1.94 bits per heavy atom. The summed E-state index contributed by atoms with van der Waals surface area (Å²) < 4.78 is 6.28. The molecule has 0 spiro atoms. The number of para-hydroxylation sites is 1. The summed E-state index contributed by atoms with van der Waals surface area (Å²) in [5.74, 6) is 0.0610. The SMILES string of the molecule is Nc1c(O)cc2c(oc3ccccc32)c1Br. The Morgan fingerprint density at radius 3 is 2.75 bits per heavy atom. The van der Waals surface area contributed by atoms with E-state index in [-0.39, 0.29) is 5.75 Å². The molecular weight excluding hydrogens is 270 g/mol. The number of rotatable bonds is 0. The van der Waals surface area contributed by atoms with Crippen molar-refractivity contribution in [1.29, 1.82) is 0 Å². The van der Waals surface area contributed by atoms with Gasteiger partial charge in [-0.15, -0.1) is 0 Å². The summed E-state index contributed by atoms with van der Waals surface area (Å²) in [6.07, 6.45) is 0. The quantitative estimate of drug-likeness (QED) is 0.487. The lowest BCUT2D eigenvalue weighted by atomic mass is 10.1. The largest absolute Gasteiger partial charge is 0.506 e. The van der Waals surface area contributed by atoms with E-state index in [1.54, 1.807) is 6.07 Å². The van der Waals surface area contributed by atoms with E-state index in [1.165, 1.54) is 0 Å². The lowest BCUT2D eigenvalue weighted by Crippen LogP contribution is -1.87. The monoisotopic (exact) mass is 277 g/mol. The number of benzene rings is 2. The van der Waals surface area contributed by atoms with Crippen LogP contribution in [-0.4, -0.2) is 5.11 Å². The second kappa shape index (κ2) is 3.15. The topological polar surface area (TPSA) is 59.4 Å². The van der Waals surface area contributed by atoms with E-state index < -0.39 is 0 Å². The van der Waals surface area contributed by atoms with Crippen LogP contribution in [0.3, 0.4) is 0 Å². The van der Waals surface area contributed by atoms with Crippen LogP contribution < -0.4 is 5.73 Å². The van der Waals surface area contributed by atoms with Crippen LogP contribution in [0.5, 0.6) is 5.75 Å². The maximum Gasteiger partial charge on any atom is 0.151 e. The maximum atomic E-state index is 9.68. The Bertz CT molecular complexity index is 703. The number of phenolic OH excluding ortho intramolecular Hbond substituents is 1. The van der Waals surface area contributed by atoms with E-state index in [0.717, 1.165) is 16.4 Å². The fourth-order valence-corrected chi connectivity index (χ4v) is 2.32. The molecule has 2 aromatic carbocycles. The number of fused-ring (bicyclic) bond motifs is 3. The van der Waals surface area contributed by atoms with Gasteiger partial charge in [0.05, 0.1) is 10.2 Å². The number of anilines is 1. The molecule has 0 aliphatic rings.